The molecule has 1 aliphatic heterocycles. The minimum Gasteiger partial charge on any atom is -0.493 e. The number of nitrogens with zero attached hydrogens (tertiary/aromatic N) is 1. The van der Waals surface area contributed by atoms with Crippen molar-refractivity contribution in [1.82, 2.24) is 4.90 Å². The molecular weight excluding hydrogens is 363 g/mol. The summed E-state index contributed by atoms with van der Waals surface area (Å²) in [6.07, 6.45) is -0.121. The van der Waals surface area contributed by atoms with E-state index in [9.17, 15) is 9.18 Å². The highest BCUT2D eigenvalue weighted by Crippen LogP contribution is 2.36. The molecule has 1 fully saturated rings. The predicted molar refractivity (Wildman–Crippen MR) is 105 cm³/mol. The Bertz CT molecular complexity index is 848. The summed E-state index contributed by atoms with van der Waals surface area (Å²) in [7, 11) is 1.55. The summed E-state index contributed by atoms with van der Waals surface area (Å²) < 4.78 is 30.8. The van der Waals surface area contributed by atoms with Crippen molar-refractivity contribution in [3.63, 3.8) is 0 Å². The second kappa shape index (κ2) is 8.48. The third kappa shape index (κ3) is 4.72. The fourth-order valence-corrected chi connectivity index (χ4v) is 3.20. The maximum atomic E-state index is 13.8. The van der Waals surface area contributed by atoms with Crippen LogP contribution in [0.3, 0.4) is 0 Å². The second-order valence-corrected chi connectivity index (χ2v) is 6.99. The van der Waals surface area contributed by atoms with Crippen LogP contribution >= 0.6 is 0 Å². The number of urea groups is 1. The number of nitrogens with one attached hydrogen (secondary N) is 1. The molecule has 0 saturated carbocycles. The number of aryl methyl sites for hydroxylation is 1. The van der Waals surface area contributed by atoms with E-state index in [1.807, 2.05) is 32.9 Å². The van der Waals surface area contributed by atoms with Crippen LogP contribution in [0.4, 0.5) is 14.9 Å². The lowest BCUT2D eigenvalue weighted by molar-refractivity contribution is -0.0530. The van der Waals surface area contributed by atoms with Gasteiger partial charge < -0.3 is 24.4 Å². The van der Waals surface area contributed by atoms with Gasteiger partial charge in [-0.25, -0.2) is 9.18 Å². The van der Waals surface area contributed by atoms with Crippen LogP contribution in [0.25, 0.3) is 0 Å². The first kappa shape index (κ1) is 19.9. The highest BCUT2D eigenvalue weighted by atomic mass is 19.1. The molecule has 0 unspecified atom stereocenters. The van der Waals surface area contributed by atoms with Crippen molar-refractivity contribution in [3.8, 4) is 17.2 Å². The van der Waals surface area contributed by atoms with Crippen molar-refractivity contribution in [1.29, 1.82) is 0 Å². The van der Waals surface area contributed by atoms with Gasteiger partial charge in [-0.3, -0.25) is 0 Å². The number of hydrogen-bond donors (Lipinski definition) is 1. The molecule has 0 aliphatic carbocycles. The first-order valence-electron chi connectivity index (χ1n) is 9.19. The Kier molecular flexibility index (Phi) is 6.04. The van der Waals surface area contributed by atoms with Gasteiger partial charge >= 0.3 is 6.03 Å². The smallest absolute Gasteiger partial charge is 0.322 e. The molecule has 6 nitrogen and oxygen atoms in total. The molecular formula is C21H25FN2O4. The van der Waals surface area contributed by atoms with Crippen LogP contribution < -0.4 is 14.8 Å². The summed E-state index contributed by atoms with van der Waals surface area (Å²) in [4.78, 5) is 14.4. The Labute approximate surface area is 164 Å². The fraction of sp³-hybridized carbons (Fsp3) is 0.381. The zero-order valence-corrected chi connectivity index (χ0v) is 16.5. The molecule has 1 saturated heterocycles. The van der Waals surface area contributed by atoms with Gasteiger partial charge in [0.1, 0.15) is 5.82 Å². The number of carbonyl (C=O) groups is 1. The summed E-state index contributed by atoms with van der Waals surface area (Å²) in [6, 6.07) is 9.17. The minimum atomic E-state index is -0.470. The van der Waals surface area contributed by atoms with Crippen LogP contribution in [0, 0.1) is 12.7 Å². The molecule has 2 aromatic rings. The average molecular weight is 388 g/mol. The van der Waals surface area contributed by atoms with E-state index in [1.165, 1.54) is 18.2 Å². The summed E-state index contributed by atoms with van der Waals surface area (Å²) in [6.45, 7) is 6.70. The van der Waals surface area contributed by atoms with Gasteiger partial charge in [0.25, 0.3) is 0 Å². The maximum absolute atomic E-state index is 13.8. The summed E-state index contributed by atoms with van der Waals surface area (Å²) in [5.41, 5.74) is 1.27. The van der Waals surface area contributed by atoms with Gasteiger partial charge in [-0.15, -0.1) is 0 Å². The second-order valence-electron chi connectivity index (χ2n) is 6.99. The molecule has 2 aromatic carbocycles. The Balaban J connectivity index is 1.82. The number of methoxy groups -OCH3 is 1. The molecule has 0 radical (unpaired) electrons. The Morgan fingerprint density at radius 3 is 2.46 bits per heavy atom. The van der Waals surface area contributed by atoms with Crippen LogP contribution in [-0.2, 0) is 4.74 Å². The average Bonchev–Trinajstić information content (AvgIpc) is 2.64. The van der Waals surface area contributed by atoms with Crippen LogP contribution in [0.15, 0.2) is 36.4 Å². The van der Waals surface area contributed by atoms with Crippen molar-refractivity contribution in [2.75, 3.05) is 25.5 Å². The van der Waals surface area contributed by atoms with E-state index in [2.05, 4.69) is 5.32 Å². The normalized spacial score (nSPS) is 19.2. The lowest BCUT2D eigenvalue weighted by Gasteiger charge is -2.35. The van der Waals surface area contributed by atoms with Crippen molar-refractivity contribution >= 4 is 11.7 Å². The van der Waals surface area contributed by atoms with E-state index in [0.717, 1.165) is 5.56 Å². The Morgan fingerprint density at radius 2 is 1.79 bits per heavy atom. The monoisotopic (exact) mass is 388 g/mol. The SMILES string of the molecule is COc1cc(C)ccc1Oc1ccc(F)cc1NC(=O)N1C[C@@H](C)O[C@H](C)C1. The van der Waals surface area contributed by atoms with E-state index in [0.29, 0.717) is 30.3 Å². The number of anilines is 1. The largest absolute Gasteiger partial charge is 0.493 e. The number of benzene rings is 2. The van der Waals surface area contributed by atoms with E-state index >= 15 is 0 Å². The van der Waals surface area contributed by atoms with Crippen molar-refractivity contribution in [2.45, 2.75) is 33.0 Å². The Morgan fingerprint density at radius 1 is 1.11 bits per heavy atom. The van der Waals surface area contributed by atoms with Crippen LogP contribution in [0.5, 0.6) is 17.2 Å². The fourth-order valence-electron chi connectivity index (χ4n) is 3.20. The molecule has 150 valence electrons. The molecule has 0 aromatic heterocycles. The van der Waals surface area contributed by atoms with Gasteiger partial charge in [0.05, 0.1) is 25.0 Å². The van der Waals surface area contributed by atoms with Crippen LogP contribution in [-0.4, -0.2) is 43.3 Å². The third-order valence-electron chi connectivity index (χ3n) is 4.43. The van der Waals surface area contributed by atoms with Gasteiger partial charge in [-0.2, -0.15) is 0 Å². The van der Waals surface area contributed by atoms with E-state index < -0.39 is 5.82 Å². The first-order valence-corrected chi connectivity index (χ1v) is 9.19. The van der Waals surface area contributed by atoms with E-state index in [-0.39, 0.29) is 23.9 Å². The molecule has 2 amide bonds. The van der Waals surface area contributed by atoms with E-state index in [4.69, 9.17) is 14.2 Å². The number of morpholine rings is 1. The molecule has 3 rings (SSSR count). The Hall–Kier alpha value is -2.80. The molecule has 7 heteroatoms. The maximum Gasteiger partial charge on any atom is 0.322 e. The van der Waals surface area contributed by atoms with Crippen LogP contribution in [0.1, 0.15) is 19.4 Å². The molecule has 1 heterocycles. The number of carbonyl (C=O) groups excluding carboxylic acids is 1. The van der Waals surface area contributed by atoms with Gasteiger partial charge in [0.2, 0.25) is 0 Å². The standard InChI is InChI=1S/C21H25FN2O4/c1-13-5-7-19(20(9-13)26-4)28-18-8-6-16(22)10-17(18)23-21(25)24-11-14(2)27-15(3)12-24/h5-10,14-15H,11-12H2,1-4H3,(H,23,25)/t14-,15-/m1/s1. The summed E-state index contributed by atoms with van der Waals surface area (Å²) in [5, 5.41) is 2.76. The summed E-state index contributed by atoms with van der Waals surface area (Å²) >= 11 is 0. The number of rotatable bonds is 4. The molecule has 0 bridgehead atoms. The molecule has 2 atom stereocenters. The number of halogens is 1. The van der Waals surface area contributed by atoms with E-state index in [1.54, 1.807) is 18.1 Å². The lowest BCUT2D eigenvalue weighted by atomic mass is 10.2. The summed E-state index contributed by atoms with van der Waals surface area (Å²) in [5.74, 6) is 0.884. The minimum absolute atomic E-state index is 0.0606. The van der Waals surface area contributed by atoms with Crippen LogP contribution in [0.2, 0.25) is 0 Å². The molecule has 1 N–H and O–H groups in total. The molecule has 28 heavy (non-hydrogen) atoms. The van der Waals surface area contributed by atoms with Crippen molar-refractivity contribution in [3.05, 3.63) is 47.8 Å². The first-order chi connectivity index (χ1) is 13.4. The zero-order chi connectivity index (χ0) is 20.3. The number of ether oxygens (including phenoxy) is 3. The molecule has 1 aliphatic rings. The topological polar surface area (TPSA) is 60.0 Å². The lowest BCUT2D eigenvalue weighted by Crippen LogP contribution is -2.49. The van der Waals surface area contributed by atoms with Gasteiger partial charge in [-0.1, -0.05) is 6.07 Å². The van der Waals surface area contributed by atoms with Gasteiger partial charge in [-0.05, 0) is 50.6 Å². The predicted octanol–water partition coefficient (Wildman–Crippen LogP) is 4.58. The zero-order valence-electron chi connectivity index (χ0n) is 16.5. The van der Waals surface area contributed by atoms with Crippen molar-refractivity contribution < 1.29 is 23.4 Å². The van der Waals surface area contributed by atoms with Gasteiger partial charge in [0.15, 0.2) is 17.2 Å². The van der Waals surface area contributed by atoms with Gasteiger partial charge in [0, 0.05) is 19.2 Å². The third-order valence-corrected chi connectivity index (χ3v) is 4.43. The number of amides is 2. The highest BCUT2D eigenvalue weighted by Gasteiger charge is 2.26. The quantitative estimate of drug-likeness (QED) is 0.833. The van der Waals surface area contributed by atoms with Crippen molar-refractivity contribution in [2.24, 2.45) is 0 Å². The highest BCUT2D eigenvalue weighted by molar-refractivity contribution is 5.91. The molecule has 0 spiro atoms. The number of hydrogen-bond acceptors (Lipinski definition) is 4.